The van der Waals surface area contributed by atoms with E-state index < -0.39 is 0 Å². The molecule has 0 atom stereocenters. The second-order valence-corrected chi connectivity index (χ2v) is 3.13. The van der Waals surface area contributed by atoms with Crippen LogP contribution in [0.4, 0.5) is 0 Å². The monoisotopic (exact) mass is 182 g/mol. The van der Waals surface area contributed by atoms with E-state index in [0.717, 1.165) is 11.1 Å². The van der Waals surface area contributed by atoms with Crippen LogP contribution in [0.3, 0.4) is 0 Å². The van der Waals surface area contributed by atoms with Crippen LogP contribution < -0.4 is 0 Å². The molecular weight excluding hydrogens is 168 g/mol. The van der Waals surface area contributed by atoms with Crippen LogP contribution in [0.2, 0.25) is 0 Å². The Bertz CT molecular complexity index is 480. The van der Waals surface area contributed by atoms with Gasteiger partial charge in [0.2, 0.25) is 0 Å². The van der Waals surface area contributed by atoms with Gasteiger partial charge in [-0.15, -0.1) is 0 Å². The molecule has 0 heterocycles. The highest BCUT2D eigenvalue weighted by molar-refractivity contribution is 5.65. The normalized spacial score (nSPS) is 11.4. The molecule has 14 heavy (non-hydrogen) atoms. The SMILES string of the molecule is [2H]C([2H])=Cc1ccc(-c2ccccc2)cc1. The van der Waals surface area contributed by atoms with Gasteiger partial charge in [0.1, 0.15) is 0 Å². The van der Waals surface area contributed by atoms with E-state index >= 15 is 0 Å². The van der Waals surface area contributed by atoms with Crippen molar-refractivity contribution in [2.45, 2.75) is 0 Å². The molecule has 0 aliphatic rings. The lowest BCUT2D eigenvalue weighted by Gasteiger charge is -2.01. The van der Waals surface area contributed by atoms with Gasteiger partial charge in [-0.25, -0.2) is 0 Å². The Balaban J connectivity index is 2.30. The van der Waals surface area contributed by atoms with Crippen molar-refractivity contribution in [3.05, 3.63) is 66.7 Å². The number of hydrogen-bond donors (Lipinski definition) is 0. The highest BCUT2D eigenvalue weighted by atomic mass is 14.0. The molecule has 0 N–H and O–H groups in total. The van der Waals surface area contributed by atoms with Gasteiger partial charge in [-0.3, -0.25) is 0 Å². The fraction of sp³-hybridized carbons (Fsp3) is 0. The summed E-state index contributed by atoms with van der Waals surface area (Å²) >= 11 is 0. The molecule has 0 radical (unpaired) electrons. The summed E-state index contributed by atoms with van der Waals surface area (Å²) < 4.78 is 14.1. The van der Waals surface area contributed by atoms with Crippen LogP contribution in [0.5, 0.6) is 0 Å². The Kier molecular flexibility index (Phi) is 1.85. The van der Waals surface area contributed by atoms with Crippen molar-refractivity contribution in [1.29, 1.82) is 0 Å². The topological polar surface area (TPSA) is 0 Å². The fourth-order valence-corrected chi connectivity index (χ4v) is 1.40. The average Bonchev–Trinajstić information content (AvgIpc) is 2.30. The van der Waals surface area contributed by atoms with Crippen molar-refractivity contribution in [3.63, 3.8) is 0 Å². The minimum atomic E-state index is -0.174. The molecule has 2 aromatic carbocycles. The van der Waals surface area contributed by atoms with Crippen LogP contribution in [0.25, 0.3) is 17.2 Å². The summed E-state index contributed by atoms with van der Waals surface area (Å²) in [7, 11) is 0. The third kappa shape index (κ3) is 1.74. The molecule has 0 nitrogen and oxygen atoms in total. The summed E-state index contributed by atoms with van der Waals surface area (Å²) in [4.78, 5) is 0. The zero-order valence-corrected chi connectivity index (χ0v) is 7.77. The maximum absolute atomic E-state index is 7.06. The van der Waals surface area contributed by atoms with Crippen molar-refractivity contribution in [1.82, 2.24) is 0 Å². The minimum absolute atomic E-state index is 0.174. The first kappa shape index (κ1) is 6.61. The van der Waals surface area contributed by atoms with E-state index in [9.17, 15) is 0 Å². The standard InChI is InChI=1S/C14H12/c1-2-12-8-10-14(11-9-12)13-6-4-3-5-7-13/h2-11H,1H2/i1D2. The molecule has 0 heteroatoms. The molecule has 2 aromatic rings. The molecular formula is C14H12. The molecule has 2 rings (SSSR count). The Hall–Kier alpha value is -1.82. The van der Waals surface area contributed by atoms with Crippen molar-refractivity contribution in [2.75, 3.05) is 0 Å². The molecule has 0 spiro atoms. The van der Waals surface area contributed by atoms with Crippen LogP contribution in [0, 0.1) is 0 Å². The molecule has 0 aliphatic heterocycles. The van der Waals surface area contributed by atoms with Gasteiger partial charge in [0.05, 0.1) is 2.74 Å². The predicted octanol–water partition coefficient (Wildman–Crippen LogP) is 4.00. The first-order valence-electron chi connectivity index (χ1n) is 5.56. The Morgan fingerprint density at radius 3 is 2.14 bits per heavy atom. The van der Waals surface area contributed by atoms with Crippen LogP contribution in [0.1, 0.15) is 8.30 Å². The summed E-state index contributed by atoms with van der Waals surface area (Å²) in [5, 5.41) is 0. The van der Waals surface area contributed by atoms with Gasteiger partial charge in [-0.2, -0.15) is 0 Å². The summed E-state index contributed by atoms with van der Waals surface area (Å²) in [6.07, 6.45) is 1.52. The van der Waals surface area contributed by atoms with Crippen LogP contribution >= 0.6 is 0 Å². The van der Waals surface area contributed by atoms with Gasteiger partial charge in [0.25, 0.3) is 0 Å². The summed E-state index contributed by atoms with van der Waals surface area (Å²) in [5.41, 5.74) is 3.21. The van der Waals surface area contributed by atoms with Crippen LogP contribution in [0.15, 0.2) is 61.1 Å². The Morgan fingerprint density at radius 2 is 1.50 bits per heavy atom. The maximum Gasteiger partial charge on any atom is 0.0538 e. The average molecular weight is 182 g/mol. The summed E-state index contributed by atoms with van der Waals surface area (Å²) in [5.74, 6) is 0. The molecule has 0 aliphatic carbocycles. The molecule has 68 valence electrons. The van der Waals surface area contributed by atoms with E-state index in [0.29, 0.717) is 0 Å². The smallest absolute Gasteiger partial charge is 0.0538 e. The van der Waals surface area contributed by atoms with Gasteiger partial charge in [-0.1, -0.05) is 67.2 Å². The number of hydrogen-bond acceptors (Lipinski definition) is 0. The zero-order valence-electron chi connectivity index (χ0n) is 9.77. The van der Waals surface area contributed by atoms with E-state index in [4.69, 9.17) is 2.74 Å². The minimum Gasteiger partial charge on any atom is -0.0985 e. The quantitative estimate of drug-likeness (QED) is 0.658. The van der Waals surface area contributed by atoms with Gasteiger partial charge in [0, 0.05) is 0 Å². The Labute approximate surface area is 87.3 Å². The molecule has 0 saturated carbocycles. The highest BCUT2D eigenvalue weighted by Crippen LogP contribution is 2.19. The lowest BCUT2D eigenvalue weighted by molar-refractivity contribution is 1.60. The zero-order chi connectivity index (χ0) is 11.4. The van der Waals surface area contributed by atoms with E-state index in [1.807, 2.05) is 42.5 Å². The molecule has 0 saturated heterocycles. The number of rotatable bonds is 2. The third-order valence-electron chi connectivity index (χ3n) is 2.18. The lowest BCUT2D eigenvalue weighted by Crippen LogP contribution is -1.76. The number of benzene rings is 2. The van der Waals surface area contributed by atoms with E-state index in [2.05, 4.69) is 12.1 Å². The Morgan fingerprint density at radius 1 is 0.857 bits per heavy atom. The summed E-state index contributed by atoms with van der Waals surface area (Å²) in [6, 6.07) is 18.0. The molecule has 0 unspecified atom stereocenters. The van der Waals surface area contributed by atoms with Crippen molar-refractivity contribution in [2.24, 2.45) is 0 Å². The third-order valence-corrected chi connectivity index (χ3v) is 2.18. The second-order valence-electron chi connectivity index (χ2n) is 3.13. The second kappa shape index (κ2) is 3.93. The first-order valence-corrected chi connectivity index (χ1v) is 4.56. The van der Waals surface area contributed by atoms with E-state index in [1.165, 1.54) is 11.6 Å². The van der Waals surface area contributed by atoms with Crippen molar-refractivity contribution >= 4 is 6.08 Å². The molecule has 0 bridgehead atoms. The van der Waals surface area contributed by atoms with E-state index in [1.54, 1.807) is 0 Å². The van der Waals surface area contributed by atoms with Crippen LogP contribution in [-0.2, 0) is 0 Å². The van der Waals surface area contributed by atoms with Gasteiger partial charge in [-0.05, 0) is 16.7 Å². The molecule has 0 fully saturated rings. The highest BCUT2D eigenvalue weighted by Gasteiger charge is 1.94. The maximum atomic E-state index is 7.06. The first-order chi connectivity index (χ1) is 7.75. The fourth-order valence-electron chi connectivity index (χ4n) is 1.40. The molecule has 0 amide bonds. The van der Waals surface area contributed by atoms with Gasteiger partial charge in [0.15, 0.2) is 0 Å². The lowest BCUT2D eigenvalue weighted by atomic mass is 10.0. The predicted molar refractivity (Wildman–Crippen MR) is 62.0 cm³/mol. The van der Waals surface area contributed by atoms with Crippen LogP contribution in [-0.4, -0.2) is 0 Å². The molecule has 0 aromatic heterocycles. The van der Waals surface area contributed by atoms with E-state index in [-0.39, 0.29) is 6.53 Å². The van der Waals surface area contributed by atoms with Gasteiger partial charge >= 0.3 is 0 Å². The van der Waals surface area contributed by atoms with Crippen molar-refractivity contribution < 1.29 is 2.74 Å². The largest absolute Gasteiger partial charge is 0.0985 e. The summed E-state index contributed by atoms with van der Waals surface area (Å²) in [6.45, 7) is -0.174. The van der Waals surface area contributed by atoms with Crippen molar-refractivity contribution in [3.8, 4) is 11.1 Å². The van der Waals surface area contributed by atoms with Gasteiger partial charge < -0.3 is 0 Å².